The van der Waals surface area contributed by atoms with E-state index in [1.165, 1.54) is 76.7 Å². The molecule has 0 N–H and O–H groups in total. The summed E-state index contributed by atoms with van der Waals surface area (Å²) >= 11 is 0. The van der Waals surface area contributed by atoms with Gasteiger partial charge in [-0.15, -0.1) is 0 Å². The van der Waals surface area contributed by atoms with E-state index in [2.05, 4.69) is 264 Å². The monoisotopic (exact) mass is 814 g/mol. The largest absolute Gasteiger partial charge is 0.310 e. The second-order valence-corrected chi connectivity index (χ2v) is 16.5. The minimum atomic E-state index is 1.08. The number of benzene rings is 11. The van der Waals surface area contributed by atoms with Crippen molar-refractivity contribution in [2.24, 2.45) is 0 Å². The maximum Gasteiger partial charge on any atom is 0.0619 e. The molecule has 64 heavy (non-hydrogen) atoms. The molecule has 0 bridgehead atoms. The summed E-state index contributed by atoms with van der Waals surface area (Å²) < 4.78 is 2.44. The van der Waals surface area contributed by atoms with E-state index in [1.807, 2.05) is 0 Å². The SMILES string of the molecule is c1ccc(-c2ccc(N(c3ccc(-c4cccc5ccccc45)cc3)c3ccc(-c4ccccc4)cc3-c3ccc(-n4c5ccccc5c5ccc6ccccc6c54)cc3)cc2)cc1. The molecule has 0 aliphatic carbocycles. The Hall–Kier alpha value is -8.46. The highest BCUT2D eigenvalue weighted by Crippen LogP contribution is 2.45. The summed E-state index contributed by atoms with van der Waals surface area (Å²) in [5, 5.41) is 7.49. The van der Waals surface area contributed by atoms with Gasteiger partial charge in [-0.05, 0) is 110 Å². The quantitative estimate of drug-likeness (QED) is 0.148. The van der Waals surface area contributed by atoms with Gasteiger partial charge >= 0.3 is 0 Å². The normalized spacial score (nSPS) is 11.4. The number of para-hydroxylation sites is 1. The molecule has 11 aromatic carbocycles. The van der Waals surface area contributed by atoms with Crippen LogP contribution in [0, 0.1) is 0 Å². The van der Waals surface area contributed by atoms with Gasteiger partial charge < -0.3 is 9.47 Å². The van der Waals surface area contributed by atoms with Gasteiger partial charge in [-0.3, -0.25) is 0 Å². The third kappa shape index (κ3) is 6.52. The average molecular weight is 815 g/mol. The predicted octanol–water partition coefficient (Wildman–Crippen LogP) is 17.2. The van der Waals surface area contributed by atoms with Crippen molar-refractivity contribution >= 4 is 60.4 Å². The van der Waals surface area contributed by atoms with Crippen molar-refractivity contribution in [2.45, 2.75) is 0 Å². The van der Waals surface area contributed by atoms with Gasteiger partial charge in [0, 0.05) is 38.8 Å². The van der Waals surface area contributed by atoms with Crippen molar-refractivity contribution in [3.05, 3.63) is 255 Å². The maximum atomic E-state index is 2.44. The molecule has 0 spiro atoms. The summed E-state index contributed by atoms with van der Waals surface area (Å²) in [6, 6.07) is 92.7. The van der Waals surface area contributed by atoms with Crippen LogP contribution in [0.1, 0.15) is 0 Å². The van der Waals surface area contributed by atoms with Crippen LogP contribution in [-0.4, -0.2) is 4.57 Å². The van der Waals surface area contributed by atoms with E-state index >= 15 is 0 Å². The molecule has 2 nitrogen and oxygen atoms in total. The fourth-order valence-electron chi connectivity index (χ4n) is 9.69. The first-order valence-electron chi connectivity index (χ1n) is 22.0. The van der Waals surface area contributed by atoms with Gasteiger partial charge in [0.15, 0.2) is 0 Å². The number of aromatic nitrogens is 1. The molecular formula is C62H42N2. The highest BCUT2D eigenvalue weighted by molar-refractivity contribution is 6.18. The van der Waals surface area contributed by atoms with E-state index < -0.39 is 0 Å². The third-order valence-corrected chi connectivity index (χ3v) is 12.8. The Morgan fingerprint density at radius 1 is 0.281 bits per heavy atom. The molecule has 0 aliphatic heterocycles. The molecule has 2 heteroatoms. The van der Waals surface area contributed by atoms with Crippen LogP contribution in [0.15, 0.2) is 255 Å². The number of hydrogen-bond acceptors (Lipinski definition) is 1. The first-order valence-corrected chi connectivity index (χ1v) is 22.0. The van der Waals surface area contributed by atoms with Crippen molar-refractivity contribution in [1.29, 1.82) is 0 Å². The summed E-state index contributed by atoms with van der Waals surface area (Å²) in [7, 11) is 0. The molecule has 0 aliphatic rings. The van der Waals surface area contributed by atoms with E-state index in [-0.39, 0.29) is 0 Å². The van der Waals surface area contributed by atoms with E-state index in [0.717, 1.165) is 33.9 Å². The lowest BCUT2D eigenvalue weighted by Gasteiger charge is -2.29. The van der Waals surface area contributed by atoms with Crippen LogP contribution < -0.4 is 4.90 Å². The Bertz CT molecular complexity index is 3620. The van der Waals surface area contributed by atoms with E-state index in [1.54, 1.807) is 0 Å². The number of nitrogens with zero attached hydrogens (tertiary/aromatic N) is 2. The highest BCUT2D eigenvalue weighted by atomic mass is 15.1. The molecule has 0 saturated carbocycles. The Labute approximate surface area is 373 Å². The summed E-state index contributed by atoms with van der Waals surface area (Å²) in [5.74, 6) is 0. The van der Waals surface area contributed by atoms with Crippen LogP contribution in [-0.2, 0) is 0 Å². The molecule has 12 rings (SSSR count). The van der Waals surface area contributed by atoms with Crippen LogP contribution in [0.4, 0.5) is 17.1 Å². The minimum Gasteiger partial charge on any atom is -0.310 e. The molecule has 1 aromatic heterocycles. The van der Waals surface area contributed by atoms with Crippen LogP contribution >= 0.6 is 0 Å². The molecule has 0 saturated heterocycles. The molecule has 300 valence electrons. The van der Waals surface area contributed by atoms with Crippen LogP contribution in [0.25, 0.3) is 93.5 Å². The Balaban J connectivity index is 1.03. The third-order valence-electron chi connectivity index (χ3n) is 12.8. The first kappa shape index (κ1) is 37.3. The first-order chi connectivity index (χ1) is 31.7. The number of hydrogen-bond donors (Lipinski definition) is 0. The molecular weight excluding hydrogens is 773 g/mol. The van der Waals surface area contributed by atoms with Crippen LogP contribution in [0.5, 0.6) is 0 Å². The Kier molecular flexibility index (Phi) is 9.20. The maximum absolute atomic E-state index is 2.44. The standard InChI is InChI=1S/C62H42N2/c1-3-14-43(15-4-1)45-26-34-51(35-27-45)63(52-36-28-48(29-37-52)55-24-13-20-46-18-7-9-21-54(46)55)61-41-33-50(44-16-5-2-6-17-44)42-59(61)49-30-38-53(39-31-49)64-60-25-12-11-23-57(60)58-40-32-47-19-8-10-22-56(47)62(58)64/h1-42H. The zero-order valence-corrected chi connectivity index (χ0v) is 35.1. The van der Waals surface area contributed by atoms with Crippen molar-refractivity contribution < 1.29 is 0 Å². The van der Waals surface area contributed by atoms with E-state index in [0.29, 0.717) is 0 Å². The lowest BCUT2D eigenvalue weighted by molar-refractivity contribution is 1.19. The van der Waals surface area contributed by atoms with Gasteiger partial charge in [0.25, 0.3) is 0 Å². The number of fused-ring (bicyclic) bond motifs is 6. The smallest absolute Gasteiger partial charge is 0.0619 e. The Morgan fingerprint density at radius 2 is 0.781 bits per heavy atom. The molecule has 0 atom stereocenters. The lowest BCUT2D eigenvalue weighted by Crippen LogP contribution is -2.11. The van der Waals surface area contributed by atoms with Crippen molar-refractivity contribution in [3.8, 4) is 50.2 Å². The molecule has 0 radical (unpaired) electrons. The van der Waals surface area contributed by atoms with Gasteiger partial charge in [0.05, 0.1) is 16.7 Å². The zero-order chi connectivity index (χ0) is 42.4. The van der Waals surface area contributed by atoms with E-state index in [4.69, 9.17) is 0 Å². The van der Waals surface area contributed by atoms with Crippen LogP contribution in [0.3, 0.4) is 0 Å². The topological polar surface area (TPSA) is 8.17 Å². The van der Waals surface area contributed by atoms with Gasteiger partial charge in [-0.25, -0.2) is 0 Å². The van der Waals surface area contributed by atoms with Crippen molar-refractivity contribution in [2.75, 3.05) is 4.90 Å². The van der Waals surface area contributed by atoms with E-state index in [9.17, 15) is 0 Å². The second-order valence-electron chi connectivity index (χ2n) is 16.5. The fraction of sp³-hybridized carbons (Fsp3) is 0. The lowest BCUT2D eigenvalue weighted by atomic mass is 9.95. The molecule has 0 fully saturated rings. The summed E-state index contributed by atoms with van der Waals surface area (Å²) in [5.41, 5.74) is 16.3. The van der Waals surface area contributed by atoms with Gasteiger partial charge in [0.1, 0.15) is 0 Å². The molecule has 1 heterocycles. The van der Waals surface area contributed by atoms with Crippen molar-refractivity contribution in [3.63, 3.8) is 0 Å². The zero-order valence-electron chi connectivity index (χ0n) is 35.1. The molecule has 0 unspecified atom stereocenters. The fourth-order valence-corrected chi connectivity index (χ4v) is 9.69. The summed E-state index contributed by atoms with van der Waals surface area (Å²) in [6.07, 6.45) is 0. The molecule has 12 aromatic rings. The summed E-state index contributed by atoms with van der Waals surface area (Å²) in [4.78, 5) is 2.42. The van der Waals surface area contributed by atoms with Gasteiger partial charge in [0.2, 0.25) is 0 Å². The number of rotatable bonds is 8. The Morgan fingerprint density at radius 3 is 1.48 bits per heavy atom. The second kappa shape index (κ2) is 15.8. The van der Waals surface area contributed by atoms with Gasteiger partial charge in [-0.2, -0.15) is 0 Å². The minimum absolute atomic E-state index is 1.08. The number of anilines is 3. The predicted molar refractivity (Wildman–Crippen MR) is 272 cm³/mol. The average Bonchev–Trinajstić information content (AvgIpc) is 3.72. The van der Waals surface area contributed by atoms with Crippen LogP contribution in [0.2, 0.25) is 0 Å². The molecule has 0 amide bonds. The van der Waals surface area contributed by atoms with Gasteiger partial charge in [-0.1, -0.05) is 200 Å². The van der Waals surface area contributed by atoms with Crippen molar-refractivity contribution in [1.82, 2.24) is 4.57 Å². The highest BCUT2D eigenvalue weighted by Gasteiger charge is 2.20. The summed E-state index contributed by atoms with van der Waals surface area (Å²) in [6.45, 7) is 0.